The summed E-state index contributed by atoms with van der Waals surface area (Å²) in [4.78, 5) is 10.6. The molecule has 0 radical (unpaired) electrons. The van der Waals surface area contributed by atoms with Gasteiger partial charge in [0, 0.05) is 17.7 Å². The van der Waals surface area contributed by atoms with Gasteiger partial charge in [0.15, 0.2) is 0 Å². The number of hydrogen-bond donors (Lipinski definition) is 1. The van der Waals surface area contributed by atoms with Gasteiger partial charge in [-0.05, 0) is 25.6 Å². The highest BCUT2D eigenvalue weighted by Gasteiger charge is 2.18. The van der Waals surface area contributed by atoms with Gasteiger partial charge in [0.2, 0.25) is 5.75 Å². The van der Waals surface area contributed by atoms with Gasteiger partial charge in [-0.15, -0.1) is 0 Å². The molecular formula is C16H18N2O3. The van der Waals surface area contributed by atoms with Crippen LogP contribution in [0.1, 0.15) is 24.9 Å². The minimum absolute atomic E-state index is 0.0372. The Hall–Kier alpha value is -2.40. The number of rotatable bonds is 6. The smallest absolute Gasteiger partial charge is 0.311 e. The van der Waals surface area contributed by atoms with Crippen molar-refractivity contribution in [1.29, 1.82) is 0 Å². The van der Waals surface area contributed by atoms with Crippen molar-refractivity contribution >= 4 is 5.69 Å². The molecule has 0 aliphatic carbocycles. The third kappa shape index (κ3) is 3.38. The van der Waals surface area contributed by atoms with Crippen molar-refractivity contribution in [2.24, 2.45) is 0 Å². The number of para-hydroxylation sites is 3. The second kappa shape index (κ2) is 6.85. The minimum Gasteiger partial charge on any atom is -0.450 e. The van der Waals surface area contributed by atoms with E-state index in [2.05, 4.69) is 12.2 Å². The van der Waals surface area contributed by atoms with Crippen LogP contribution in [0.5, 0.6) is 11.5 Å². The Morgan fingerprint density at radius 3 is 2.38 bits per heavy atom. The summed E-state index contributed by atoms with van der Waals surface area (Å²) in [6.45, 7) is 2.07. The molecule has 0 saturated heterocycles. The molecule has 110 valence electrons. The zero-order valence-electron chi connectivity index (χ0n) is 12.1. The number of benzene rings is 2. The van der Waals surface area contributed by atoms with Gasteiger partial charge in [0.1, 0.15) is 5.75 Å². The highest BCUT2D eigenvalue weighted by atomic mass is 16.6. The first kappa shape index (κ1) is 15.0. The summed E-state index contributed by atoms with van der Waals surface area (Å²) in [5.74, 6) is 0.883. The van der Waals surface area contributed by atoms with Crippen LogP contribution in [-0.2, 0) is 0 Å². The van der Waals surface area contributed by atoms with E-state index >= 15 is 0 Å². The Kier molecular flexibility index (Phi) is 4.90. The first-order valence-corrected chi connectivity index (χ1v) is 6.84. The molecule has 1 unspecified atom stereocenters. The van der Waals surface area contributed by atoms with E-state index in [0.29, 0.717) is 5.75 Å². The molecule has 5 heteroatoms. The molecule has 21 heavy (non-hydrogen) atoms. The lowest BCUT2D eigenvalue weighted by Gasteiger charge is -2.18. The standard InChI is InChI=1S/C16H18N2O3/c1-3-13(17-2)12-8-4-6-10-15(12)21-16-11-7-5-9-14(16)18(19)20/h4-11,13,17H,3H2,1-2H3. The number of hydrogen-bond acceptors (Lipinski definition) is 4. The van der Waals surface area contributed by atoms with Crippen molar-refractivity contribution in [2.45, 2.75) is 19.4 Å². The van der Waals surface area contributed by atoms with Crippen LogP contribution in [0.15, 0.2) is 48.5 Å². The zero-order valence-corrected chi connectivity index (χ0v) is 12.1. The molecule has 0 aliphatic heterocycles. The molecule has 2 aromatic rings. The molecule has 0 fully saturated rings. The molecule has 1 N–H and O–H groups in total. The van der Waals surface area contributed by atoms with Gasteiger partial charge in [-0.3, -0.25) is 10.1 Å². The lowest BCUT2D eigenvalue weighted by Crippen LogP contribution is -2.15. The topological polar surface area (TPSA) is 64.4 Å². The van der Waals surface area contributed by atoms with E-state index in [0.717, 1.165) is 12.0 Å². The summed E-state index contributed by atoms with van der Waals surface area (Å²) in [5.41, 5.74) is 0.950. The lowest BCUT2D eigenvalue weighted by molar-refractivity contribution is -0.385. The Morgan fingerprint density at radius 2 is 1.76 bits per heavy atom. The Morgan fingerprint density at radius 1 is 1.14 bits per heavy atom. The van der Waals surface area contributed by atoms with Gasteiger partial charge in [-0.25, -0.2) is 0 Å². The van der Waals surface area contributed by atoms with Gasteiger partial charge in [-0.2, -0.15) is 0 Å². The molecule has 0 amide bonds. The van der Waals surface area contributed by atoms with Gasteiger partial charge < -0.3 is 10.1 Å². The zero-order chi connectivity index (χ0) is 15.2. The van der Waals surface area contributed by atoms with Crippen LogP contribution in [0.3, 0.4) is 0 Å². The van der Waals surface area contributed by atoms with Gasteiger partial charge in [-0.1, -0.05) is 37.3 Å². The maximum atomic E-state index is 11.1. The molecule has 5 nitrogen and oxygen atoms in total. The van der Waals surface area contributed by atoms with E-state index < -0.39 is 4.92 Å². The third-order valence-corrected chi connectivity index (χ3v) is 3.33. The average molecular weight is 286 g/mol. The van der Waals surface area contributed by atoms with Crippen LogP contribution in [0.25, 0.3) is 0 Å². The molecular weight excluding hydrogens is 268 g/mol. The molecule has 2 aromatic carbocycles. The average Bonchev–Trinajstić information content (AvgIpc) is 2.50. The molecule has 0 saturated carbocycles. The molecule has 0 heterocycles. The van der Waals surface area contributed by atoms with Crippen LogP contribution in [0.2, 0.25) is 0 Å². The van der Waals surface area contributed by atoms with Crippen molar-refractivity contribution in [3.05, 3.63) is 64.2 Å². The number of nitrogens with zero attached hydrogens (tertiary/aromatic N) is 1. The highest BCUT2D eigenvalue weighted by molar-refractivity contribution is 5.49. The fraction of sp³-hybridized carbons (Fsp3) is 0.250. The van der Waals surface area contributed by atoms with Crippen LogP contribution in [-0.4, -0.2) is 12.0 Å². The summed E-state index contributed by atoms with van der Waals surface area (Å²) < 4.78 is 5.80. The number of ether oxygens (including phenoxy) is 1. The molecule has 0 bridgehead atoms. The van der Waals surface area contributed by atoms with Crippen molar-refractivity contribution in [1.82, 2.24) is 5.32 Å². The quantitative estimate of drug-likeness (QED) is 0.642. The van der Waals surface area contributed by atoms with E-state index in [4.69, 9.17) is 4.74 Å². The molecule has 0 aromatic heterocycles. The van der Waals surface area contributed by atoms with Gasteiger partial charge in [0.05, 0.1) is 4.92 Å². The second-order valence-electron chi connectivity index (χ2n) is 4.61. The molecule has 1 atom stereocenters. The number of nitro groups is 1. The predicted octanol–water partition coefficient (Wildman–Crippen LogP) is 4.06. The van der Waals surface area contributed by atoms with Crippen molar-refractivity contribution in [3.63, 3.8) is 0 Å². The van der Waals surface area contributed by atoms with Crippen molar-refractivity contribution in [3.8, 4) is 11.5 Å². The lowest BCUT2D eigenvalue weighted by atomic mass is 10.0. The van der Waals surface area contributed by atoms with Crippen molar-refractivity contribution < 1.29 is 9.66 Å². The Balaban J connectivity index is 2.39. The SMILES string of the molecule is CCC(NC)c1ccccc1Oc1ccccc1[N+](=O)[O-]. The number of nitro benzene ring substituents is 1. The first-order chi connectivity index (χ1) is 10.2. The van der Waals surface area contributed by atoms with Gasteiger partial charge >= 0.3 is 5.69 Å². The summed E-state index contributed by atoms with van der Waals surface area (Å²) in [6, 6.07) is 14.1. The van der Waals surface area contributed by atoms with Crippen LogP contribution in [0, 0.1) is 10.1 Å². The maximum Gasteiger partial charge on any atom is 0.311 e. The minimum atomic E-state index is -0.437. The predicted molar refractivity (Wildman–Crippen MR) is 81.7 cm³/mol. The first-order valence-electron chi connectivity index (χ1n) is 6.84. The summed E-state index contributed by atoms with van der Waals surface area (Å²) in [5, 5.41) is 14.3. The van der Waals surface area contributed by atoms with Gasteiger partial charge in [0.25, 0.3) is 0 Å². The van der Waals surface area contributed by atoms with E-state index in [1.165, 1.54) is 6.07 Å². The Labute approximate surface area is 123 Å². The fourth-order valence-electron chi connectivity index (χ4n) is 2.25. The third-order valence-electron chi connectivity index (χ3n) is 3.33. The van der Waals surface area contributed by atoms with Crippen LogP contribution < -0.4 is 10.1 Å². The molecule has 0 aliphatic rings. The molecule has 2 rings (SSSR count). The summed E-state index contributed by atoms with van der Waals surface area (Å²) in [7, 11) is 1.88. The van der Waals surface area contributed by atoms with Crippen molar-refractivity contribution in [2.75, 3.05) is 7.05 Å². The summed E-state index contributed by atoms with van der Waals surface area (Å²) >= 11 is 0. The monoisotopic (exact) mass is 286 g/mol. The van der Waals surface area contributed by atoms with Crippen LogP contribution in [0.4, 0.5) is 5.69 Å². The normalized spacial score (nSPS) is 11.9. The van der Waals surface area contributed by atoms with E-state index in [9.17, 15) is 10.1 Å². The van der Waals surface area contributed by atoms with E-state index in [1.54, 1.807) is 18.2 Å². The largest absolute Gasteiger partial charge is 0.450 e. The van der Waals surface area contributed by atoms with Crippen LogP contribution >= 0.6 is 0 Å². The second-order valence-corrected chi connectivity index (χ2v) is 4.61. The maximum absolute atomic E-state index is 11.1. The van der Waals surface area contributed by atoms with E-state index in [1.807, 2.05) is 31.3 Å². The number of nitrogens with one attached hydrogen (secondary N) is 1. The van der Waals surface area contributed by atoms with E-state index in [-0.39, 0.29) is 17.5 Å². The fourth-order valence-corrected chi connectivity index (χ4v) is 2.25. The Bertz CT molecular complexity index is 624. The molecule has 0 spiro atoms. The summed E-state index contributed by atoms with van der Waals surface area (Å²) in [6.07, 6.45) is 0.897. The highest BCUT2D eigenvalue weighted by Crippen LogP contribution is 2.35.